The quantitative estimate of drug-likeness (QED) is 0.757. The molecule has 1 saturated carbocycles. The highest BCUT2D eigenvalue weighted by molar-refractivity contribution is 7.99. The number of ether oxygens (including phenoxy) is 1. The average Bonchev–Trinajstić information content (AvgIpc) is 2.50. The van der Waals surface area contributed by atoms with Gasteiger partial charge in [0.2, 0.25) is 5.91 Å². The van der Waals surface area contributed by atoms with E-state index in [0.717, 1.165) is 37.7 Å². The van der Waals surface area contributed by atoms with Crippen molar-refractivity contribution >= 4 is 17.7 Å². The normalized spacial score (nSPS) is 41.1. The second-order valence-corrected chi connectivity index (χ2v) is 6.60. The maximum Gasteiger partial charge on any atom is 0.221 e. The highest BCUT2D eigenvalue weighted by Gasteiger charge is 2.63. The number of carbonyl (C=O) groups excluding carboxylic acids is 1. The summed E-state index contributed by atoms with van der Waals surface area (Å²) in [6, 6.07) is 0. The fourth-order valence-corrected chi connectivity index (χ4v) is 4.78. The SMILES string of the molecule is CSC1CC2(CC(=O)NC23CCOCC3)C1. The average molecular weight is 241 g/mol. The zero-order chi connectivity index (χ0) is 11.2. The molecule has 16 heavy (non-hydrogen) atoms. The smallest absolute Gasteiger partial charge is 0.221 e. The number of nitrogens with one attached hydrogen (secondary N) is 1. The molecule has 2 saturated heterocycles. The van der Waals surface area contributed by atoms with Crippen LogP contribution < -0.4 is 5.32 Å². The number of fused-ring (bicyclic) bond motifs is 1. The highest BCUT2D eigenvalue weighted by Crippen LogP contribution is 2.60. The number of carbonyl (C=O) groups is 1. The number of thioether (sulfide) groups is 1. The lowest BCUT2D eigenvalue weighted by molar-refractivity contribution is -0.120. The van der Waals surface area contributed by atoms with E-state index in [-0.39, 0.29) is 16.9 Å². The summed E-state index contributed by atoms with van der Waals surface area (Å²) >= 11 is 1.95. The molecule has 0 bridgehead atoms. The fraction of sp³-hybridized carbons (Fsp3) is 0.917. The molecule has 4 heteroatoms. The van der Waals surface area contributed by atoms with Gasteiger partial charge in [-0.25, -0.2) is 0 Å². The summed E-state index contributed by atoms with van der Waals surface area (Å²) < 4.78 is 5.45. The molecule has 2 heterocycles. The van der Waals surface area contributed by atoms with Crippen LogP contribution in [-0.2, 0) is 9.53 Å². The first-order chi connectivity index (χ1) is 7.70. The molecule has 3 aliphatic rings. The van der Waals surface area contributed by atoms with E-state index in [1.165, 1.54) is 12.8 Å². The van der Waals surface area contributed by atoms with Crippen molar-refractivity contribution < 1.29 is 9.53 Å². The van der Waals surface area contributed by atoms with Crippen molar-refractivity contribution in [1.82, 2.24) is 5.32 Å². The molecule has 1 amide bonds. The Bertz CT molecular complexity index is 306. The Hall–Kier alpha value is -0.220. The predicted molar refractivity (Wildman–Crippen MR) is 64.5 cm³/mol. The van der Waals surface area contributed by atoms with E-state index in [1.807, 2.05) is 11.8 Å². The van der Waals surface area contributed by atoms with E-state index in [4.69, 9.17) is 4.74 Å². The monoisotopic (exact) mass is 241 g/mol. The lowest BCUT2D eigenvalue weighted by Crippen LogP contribution is -2.60. The third kappa shape index (κ3) is 1.35. The predicted octanol–water partition coefficient (Wildman–Crippen LogP) is 1.57. The number of hydrogen-bond donors (Lipinski definition) is 1. The van der Waals surface area contributed by atoms with Crippen LogP contribution in [0.1, 0.15) is 32.1 Å². The Balaban J connectivity index is 1.83. The summed E-state index contributed by atoms with van der Waals surface area (Å²) in [5.41, 5.74) is 0.343. The molecular formula is C12H19NO2S. The number of rotatable bonds is 1. The van der Waals surface area contributed by atoms with Crippen LogP contribution in [0.15, 0.2) is 0 Å². The second-order valence-electron chi connectivity index (χ2n) is 5.47. The maximum absolute atomic E-state index is 11.8. The van der Waals surface area contributed by atoms with Gasteiger partial charge in [-0.2, -0.15) is 11.8 Å². The minimum absolute atomic E-state index is 0.0779. The van der Waals surface area contributed by atoms with Crippen molar-refractivity contribution in [3.63, 3.8) is 0 Å². The molecule has 1 aliphatic carbocycles. The zero-order valence-corrected chi connectivity index (χ0v) is 10.6. The summed E-state index contributed by atoms with van der Waals surface area (Å²) in [6.45, 7) is 1.62. The third-order valence-electron chi connectivity index (χ3n) is 4.81. The summed E-state index contributed by atoms with van der Waals surface area (Å²) in [5.74, 6) is 0.265. The lowest BCUT2D eigenvalue weighted by atomic mass is 9.55. The fourth-order valence-electron chi connectivity index (χ4n) is 3.81. The summed E-state index contributed by atoms with van der Waals surface area (Å²) in [6.07, 6.45) is 7.39. The van der Waals surface area contributed by atoms with E-state index >= 15 is 0 Å². The molecule has 0 aromatic carbocycles. The van der Waals surface area contributed by atoms with E-state index in [0.29, 0.717) is 0 Å². The number of amides is 1. The topological polar surface area (TPSA) is 38.3 Å². The zero-order valence-electron chi connectivity index (χ0n) is 9.75. The van der Waals surface area contributed by atoms with Gasteiger partial charge in [-0.3, -0.25) is 4.79 Å². The Kier molecular flexibility index (Phi) is 2.48. The summed E-state index contributed by atoms with van der Waals surface area (Å²) in [4.78, 5) is 11.8. The molecule has 0 unspecified atom stereocenters. The second kappa shape index (κ2) is 3.64. The van der Waals surface area contributed by atoms with Crippen LogP contribution in [0.25, 0.3) is 0 Å². The number of hydrogen-bond acceptors (Lipinski definition) is 3. The molecule has 0 aromatic heterocycles. The molecule has 1 N–H and O–H groups in total. The van der Waals surface area contributed by atoms with Crippen molar-refractivity contribution in [3.05, 3.63) is 0 Å². The molecule has 90 valence electrons. The first-order valence-corrected chi connectivity index (χ1v) is 7.40. The third-order valence-corrected chi connectivity index (χ3v) is 5.81. The van der Waals surface area contributed by atoms with Crippen molar-refractivity contribution in [2.75, 3.05) is 19.5 Å². The van der Waals surface area contributed by atoms with Crippen LogP contribution in [0.5, 0.6) is 0 Å². The van der Waals surface area contributed by atoms with Gasteiger partial charge in [0.25, 0.3) is 0 Å². The van der Waals surface area contributed by atoms with Gasteiger partial charge in [0, 0.05) is 30.3 Å². The standard InChI is InChI=1S/C12H19NO2S/c1-16-9-6-11(7-9)8-10(14)13-12(11)2-4-15-5-3-12/h9H,2-8H2,1H3,(H,13,14). The van der Waals surface area contributed by atoms with Gasteiger partial charge in [-0.15, -0.1) is 0 Å². The van der Waals surface area contributed by atoms with Gasteiger partial charge in [0.1, 0.15) is 0 Å². The maximum atomic E-state index is 11.8. The first-order valence-electron chi connectivity index (χ1n) is 6.11. The van der Waals surface area contributed by atoms with Crippen molar-refractivity contribution in [2.24, 2.45) is 5.41 Å². The Morgan fingerprint density at radius 1 is 1.38 bits per heavy atom. The Morgan fingerprint density at radius 3 is 2.69 bits per heavy atom. The molecule has 2 aliphatic heterocycles. The van der Waals surface area contributed by atoms with Crippen molar-refractivity contribution in [1.29, 1.82) is 0 Å². The molecule has 0 aromatic rings. The van der Waals surface area contributed by atoms with Crippen molar-refractivity contribution in [2.45, 2.75) is 42.9 Å². The minimum Gasteiger partial charge on any atom is -0.381 e. The largest absolute Gasteiger partial charge is 0.381 e. The van der Waals surface area contributed by atoms with Gasteiger partial charge in [-0.05, 0) is 31.9 Å². The van der Waals surface area contributed by atoms with Crippen LogP contribution in [-0.4, -0.2) is 36.2 Å². The van der Waals surface area contributed by atoms with E-state index < -0.39 is 0 Å². The minimum atomic E-state index is 0.0779. The molecular weight excluding hydrogens is 222 g/mol. The molecule has 3 nitrogen and oxygen atoms in total. The van der Waals surface area contributed by atoms with Gasteiger partial charge in [0.15, 0.2) is 0 Å². The Morgan fingerprint density at radius 2 is 2.06 bits per heavy atom. The van der Waals surface area contributed by atoms with Crippen LogP contribution in [0.3, 0.4) is 0 Å². The van der Waals surface area contributed by atoms with E-state index in [2.05, 4.69) is 11.6 Å². The summed E-state index contributed by atoms with van der Waals surface area (Å²) in [7, 11) is 0. The molecule has 0 atom stereocenters. The summed E-state index contributed by atoms with van der Waals surface area (Å²) in [5, 5.41) is 4.05. The highest BCUT2D eigenvalue weighted by atomic mass is 32.2. The van der Waals surface area contributed by atoms with Crippen LogP contribution in [0.4, 0.5) is 0 Å². The van der Waals surface area contributed by atoms with Gasteiger partial charge >= 0.3 is 0 Å². The molecule has 2 spiro atoms. The van der Waals surface area contributed by atoms with Crippen LogP contribution >= 0.6 is 11.8 Å². The van der Waals surface area contributed by atoms with Crippen LogP contribution in [0.2, 0.25) is 0 Å². The van der Waals surface area contributed by atoms with E-state index in [9.17, 15) is 4.79 Å². The molecule has 3 rings (SSSR count). The Labute approximate surface area is 101 Å². The van der Waals surface area contributed by atoms with Gasteiger partial charge in [0.05, 0.1) is 5.54 Å². The van der Waals surface area contributed by atoms with E-state index in [1.54, 1.807) is 0 Å². The van der Waals surface area contributed by atoms with Gasteiger partial charge in [-0.1, -0.05) is 0 Å². The van der Waals surface area contributed by atoms with Crippen LogP contribution in [0, 0.1) is 5.41 Å². The molecule has 0 radical (unpaired) electrons. The first kappa shape index (κ1) is 10.9. The lowest BCUT2D eigenvalue weighted by Gasteiger charge is -2.55. The molecule has 3 fully saturated rings. The van der Waals surface area contributed by atoms with Gasteiger partial charge < -0.3 is 10.1 Å². The van der Waals surface area contributed by atoms with Crippen molar-refractivity contribution in [3.8, 4) is 0 Å².